The van der Waals surface area contributed by atoms with Gasteiger partial charge in [-0.3, -0.25) is 9.59 Å². The third-order valence-corrected chi connectivity index (χ3v) is 4.36. The first kappa shape index (κ1) is 20.1. The zero-order chi connectivity index (χ0) is 18.9. The number of piperidine rings is 1. The van der Waals surface area contributed by atoms with Gasteiger partial charge in [-0.1, -0.05) is 26.0 Å². The molecular formula is C20H30N2O4. The lowest BCUT2D eigenvalue weighted by Gasteiger charge is -2.31. The van der Waals surface area contributed by atoms with Gasteiger partial charge in [0.05, 0.1) is 31.4 Å². The van der Waals surface area contributed by atoms with Gasteiger partial charge < -0.3 is 19.7 Å². The normalized spacial score (nSPS) is 15.0. The van der Waals surface area contributed by atoms with Crippen molar-refractivity contribution in [2.24, 2.45) is 11.8 Å². The van der Waals surface area contributed by atoms with Crippen LogP contribution in [0.5, 0.6) is 5.75 Å². The van der Waals surface area contributed by atoms with Crippen LogP contribution in [0, 0.1) is 11.8 Å². The Labute approximate surface area is 155 Å². The van der Waals surface area contributed by atoms with E-state index < -0.39 is 0 Å². The lowest BCUT2D eigenvalue weighted by Crippen LogP contribution is -2.43. The number of ether oxygens (including phenoxy) is 2. The van der Waals surface area contributed by atoms with Gasteiger partial charge in [-0.05, 0) is 37.8 Å². The summed E-state index contributed by atoms with van der Waals surface area (Å²) in [6.45, 7) is 8.44. The molecule has 26 heavy (non-hydrogen) atoms. The molecule has 1 aliphatic rings. The van der Waals surface area contributed by atoms with Gasteiger partial charge in [0.1, 0.15) is 5.75 Å². The number of esters is 1. The number of anilines is 1. The lowest BCUT2D eigenvalue weighted by molar-refractivity contribution is -0.151. The van der Waals surface area contributed by atoms with E-state index in [0.29, 0.717) is 45.1 Å². The zero-order valence-corrected chi connectivity index (χ0v) is 16.0. The van der Waals surface area contributed by atoms with Crippen LogP contribution in [0.1, 0.15) is 33.6 Å². The first-order valence-electron chi connectivity index (χ1n) is 9.41. The highest BCUT2D eigenvalue weighted by Crippen LogP contribution is 2.24. The molecular weight excluding hydrogens is 332 g/mol. The van der Waals surface area contributed by atoms with E-state index in [4.69, 9.17) is 9.47 Å². The minimum absolute atomic E-state index is 0.0333. The summed E-state index contributed by atoms with van der Waals surface area (Å²) in [4.78, 5) is 26.0. The van der Waals surface area contributed by atoms with E-state index in [0.717, 1.165) is 11.4 Å². The van der Waals surface area contributed by atoms with Gasteiger partial charge >= 0.3 is 5.97 Å². The molecule has 0 atom stereocenters. The van der Waals surface area contributed by atoms with Crippen molar-refractivity contribution in [1.82, 2.24) is 4.90 Å². The van der Waals surface area contributed by atoms with Gasteiger partial charge in [-0.25, -0.2) is 0 Å². The van der Waals surface area contributed by atoms with E-state index in [1.165, 1.54) is 0 Å². The number of benzene rings is 1. The van der Waals surface area contributed by atoms with Crippen LogP contribution >= 0.6 is 0 Å². The molecule has 0 aromatic heterocycles. The number of likely N-dealkylation sites (tertiary alicyclic amines) is 1. The van der Waals surface area contributed by atoms with Gasteiger partial charge in [0.25, 0.3) is 0 Å². The Morgan fingerprint density at radius 3 is 2.58 bits per heavy atom. The summed E-state index contributed by atoms with van der Waals surface area (Å²) < 4.78 is 10.9. The molecule has 0 bridgehead atoms. The first-order chi connectivity index (χ1) is 12.5. The molecule has 1 aromatic rings. The lowest BCUT2D eigenvalue weighted by atomic mass is 9.97. The zero-order valence-electron chi connectivity index (χ0n) is 16.0. The van der Waals surface area contributed by atoms with Crippen molar-refractivity contribution in [1.29, 1.82) is 0 Å². The van der Waals surface area contributed by atoms with E-state index >= 15 is 0 Å². The van der Waals surface area contributed by atoms with Crippen molar-refractivity contribution >= 4 is 17.6 Å². The molecule has 2 rings (SSSR count). The number of amides is 1. The van der Waals surface area contributed by atoms with Crippen LogP contribution in [0.15, 0.2) is 24.3 Å². The summed E-state index contributed by atoms with van der Waals surface area (Å²) >= 11 is 0. The van der Waals surface area contributed by atoms with Crippen LogP contribution in [0.4, 0.5) is 5.69 Å². The van der Waals surface area contributed by atoms with Crippen molar-refractivity contribution in [3.63, 3.8) is 0 Å². The van der Waals surface area contributed by atoms with Crippen LogP contribution in [-0.4, -0.2) is 49.6 Å². The molecule has 1 N–H and O–H groups in total. The fourth-order valence-corrected chi connectivity index (χ4v) is 2.90. The maximum absolute atomic E-state index is 12.5. The molecule has 1 aliphatic heterocycles. The molecule has 1 aromatic carbocycles. The van der Waals surface area contributed by atoms with E-state index in [-0.39, 0.29) is 24.3 Å². The predicted octanol–water partition coefficient (Wildman–Crippen LogP) is 2.94. The van der Waals surface area contributed by atoms with Gasteiger partial charge in [-0.2, -0.15) is 0 Å². The highest BCUT2D eigenvalue weighted by Gasteiger charge is 2.28. The van der Waals surface area contributed by atoms with Crippen LogP contribution < -0.4 is 10.1 Å². The second-order valence-corrected chi connectivity index (χ2v) is 6.96. The van der Waals surface area contributed by atoms with Crippen LogP contribution in [-0.2, 0) is 14.3 Å². The molecule has 0 unspecified atom stereocenters. The molecule has 6 heteroatoms. The molecule has 0 spiro atoms. The monoisotopic (exact) mass is 362 g/mol. The number of hydrogen-bond acceptors (Lipinski definition) is 5. The molecule has 0 aliphatic carbocycles. The quantitative estimate of drug-likeness (QED) is 0.720. The summed E-state index contributed by atoms with van der Waals surface area (Å²) in [5.41, 5.74) is 0.822. The molecule has 1 saturated heterocycles. The predicted molar refractivity (Wildman–Crippen MR) is 101 cm³/mol. The third kappa shape index (κ3) is 5.93. The number of carbonyl (C=O) groups excluding carboxylic acids is 2. The summed E-state index contributed by atoms with van der Waals surface area (Å²) in [7, 11) is 0. The van der Waals surface area contributed by atoms with Gasteiger partial charge in [0, 0.05) is 13.1 Å². The highest BCUT2D eigenvalue weighted by atomic mass is 16.5. The molecule has 1 heterocycles. The number of nitrogens with zero attached hydrogens (tertiary/aromatic N) is 1. The van der Waals surface area contributed by atoms with Crippen molar-refractivity contribution in [2.75, 3.05) is 38.2 Å². The fraction of sp³-hybridized carbons (Fsp3) is 0.600. The van der Waals surface area contributed by atoms with Crippen LogP contribution in [0.3, 0.4) is 0 Å². The maximum atomic E-state index is 12.5. The Hall–Kier alpha value is -2.24. The average Bonchev–Trinajstić information content (AvgIpc) is 2.65. The van der Waals surface area contributed by atoms with E-state index in [1.807, 2.05) is 31.2 Å². The second kappa shape index (κ2) is 10.0. The Kier molecular flexibility index (Phi) is 7.75. The topological polar surface area (TPSA) is 67.9 Å². The average molecular weight is 362 g/mol. The SMILES string of the molecule is CCOC(=O)C1CCN(C(=O)CNc2ccccc2OCC(C)C)CC1. The standard InChI is InChI=1S/C20H30N2O4/c1-4-25-20(24)16-9-11-22(12-10-16)19(23)13-21-17-7-5-6-8-18(17)26-14-15(2)3/h5-8,15-16,21H,4,9-14H2,1-3H3. The van der Waals surface area contributed by atoms with Crippen molar-refractivity contribution in [3.05, 3.63) is 24.3 Å². The van der Waals surface area contributed by atoms with Gasteiger partial charge in [0.2, 0.25) is 5.91 Å². The minimum Gasteiger partial charge on any atom is -0.491 e. The Morgan fingerprint density at radius 1 is 1.23 bits per heavy atom. The van der Waals surface area contributed by atoms with Crippen molar-refractivity contribution in [2.45, 2.75) is 33.6 Å². The Morgan fingerprint density at radius 2 is 1.92 bits per heavy atom. The summed E-state index contributed by atoms with van der Waals surface area (Å²) in [6, 6.07) is 7.65. The summed E-state index contributed by atoms with van der Waals surface area (Å²) in [5.74, 6) is 0.998. The number of rotatable bonds is 8. The van der Waals surface area contributed by atoms with Crippen LogP contribution in [0.25, 0.3) is 0 Å². The minimum atomic E-state index is -0.144. The number of carbonyl (C=O) groups is 2. The van der Waals surface area contributed by atoms with E-state index in [2.05, 4.69) is 19.2 Å². The molecule has 144 valence electrons. The second-order valence-electron chi connectivity index (χ2n) is 6.96. The summed E-state index contributed by atoms with van der Waals surface area (Å²) in [6.07, 6.45) is 1.33. The van der Waals surface area contributed by atoms with Gasteiger partial charge in [-0.15, -0.1) is 0 Å². The Bertz CT molecular complexity index is 595. The van der Waals surface area contributed by atoms with Crippen molar-refractivity contribution in [3.8, 4) is 5.75 Å². The molecule has 0 saturated carbocycles. The third-order valence-electron chi connectivity index (χ3n) is 4.36. The van der Waals surface area contributed by atoms with E-state index in [1.54, 1.807) is 4.90 Å². The van der Waals surface area contributed by atoms with E-state index in [9.17, 15) is 9.59 Å². The molecule has 0 radical (unpaired) electrons. The first-order valence-corrected chi connectivity index (χ1v) is 9.41. The van der Waals surface area contributed by atoms with Crippen molar-refractivity contribution < 1.29 is 19.1 Å². The largest absolute Gasteiger partial charge is 0.491 e. The van der Waals surface area contributed by atoms with Gasteiger partial charge in [0.15, 0.2) is 0 Å². The highest BCUT2D eigenvalue weighted by molar-refractivity contribution is 5.82. The number of hydrogen-bond donors (Lipinski definition) is 1. The summed E-state index contributed by atoms with van der Waals surface area (Å²) in [5, 5.41) is 3.18. The maximum Gasteiger partial charge on any atom is 0.309 e. The number of nitrogens with one attached hydrogen (secondary N) is 1. The fourth-order valence-electron chi connectivity index (χ4n) is 2.90. The van der Waals surface area contributed by atoms with Crippen LogP contribution in [0.2, 0.25) is 0 Å². The smallest absolute Gasteiger partial charge is 0.309 e. The Balaban J connectivity index is 1.82. The molecule has 6 nitrogen and oxygen atoms in total. The molecule has 1 fully saturated rings. The molecule has 1 amide bonds. The number of para-hydroxylation sites is 2.